The third-order valence-electron chi connectivity index (χ3n) is 3.55. The molecule has 0 bridgehead atoms. The zero-order valence-corrected chi connectivity index (χ0v) is 10.1. The van der Waals surface area contributed by atoms with Crippen LogP contribution in [0.5, 0.6) is 0 Å². The van der Waals surface area contributed by atoms with E-state index >= 15 is 0 Å². The Morgan fingerprint density at radius 2 is 2.00 bits per heavy atom. The largest absolute Gasteiger partial charge is 0.389 e. The molecular formula is C12H25NO. The van der Waals surface area contributed by atoms with Crippen molar-refractivity contribution in [3.8, 4) is 0 Å². The summed E-state index contributed by atoms with van der Waals surface area (Å²) >= 11 is 0. The Kier molecular flexibility index (Phi) is 3.96. The minimum Gasteiger partial charge on any atom is -0.389 e. The minimum absolute atomic E-state index is 0.509. The topological polar surface area (TPSA) is 23.5 Å². The first-order chi connectivity index (χ1) is 6.44. The van der Waals surface area contributed by atoms with E-state index in [1.54, 1.807) is 0 Å². The highest BCUT2D eigenvalue weighted by molar-refractivity contribution is 4.83. The van der Waals surface area contributed by atoms with Gasteiger partial charge in [0.25, 0.3) is 0 Å². The summed E-state index contributed by atoms with van der Waals surface area (Å²) in [5.74, 6) is 0.791. The van der Waals surface area contributed by atoms with Gasteiger partial charge >= 0.3 is 0 Å². The summed E-state index contributed by atoms with van der Waals surface area (Å²) in [6.07, 6.45) is 3.46. The van der Waals surface area contributed by atoms with Gasteiger partial charge in [0.15, 0.2) is 0 Å². The molecule has 2 heteroatoms. The van der Waals surface area contributed by atoms with Crippen LogP contribution in [0.25, 0.3) is 0 Å². The zero-order valence-electron chi connectivity index (χ0n) is 10.1. The SMILES string of the molecule is CCC(C)(O)CN1CC(C)CCC1C. The second-order valence-corrected chi connectivity index (χ2v) is 5.31. The lowest BCUT2D eigenvalue weighted by atomic mass is 9.92. The van der Waals surface area contributed by atoms with Gasteiger partial charge in [0.2, 0.25) is 0 Å². The molecule has 84 valence electrons. The Morgan fingerprint density at radius 3 is 2.57 bits per heavy atom. The first-order valence-corrected chi connectivity index (χ1v) is 5.91. The molecule has 0 aromatic rings. The Morgan fingerprint density at radius 1 is 1.36 bits per heavy atom. The fourth-order valence-electron chi connectivity index (χ4n) is 2.15. The van der Waals surface area contributed by atoms with Crippen molar-refractivity contribution in [2.75, 3.05) is 13.1 Å². The monoisotopic (exact) mass is 199 g/mol. The average molecular weight is 199 g/mol. The van der Waals surface area contributed by atoms with Gasteiger partial charge in [0.05, 0.1) is 5.60 Å². The second kappa shape index (κ2) is 4.63. The number of hydrogen-bond donors (Lipinski definition) is 1. The summed E-state index contributed by atoms with van der Waals surface area (Å²) in [7, 11) is 0. The smallest absolute Gasteiger partial charge is 0.0743 e. The highest BCUT2D eigenvalue weighted by Gasteiger charge is 2.28. The summed E-state index contributed by atoms with van der Waals surface area (Å²) in [5, 5.41) is 10.0. The predicted octanol–water partition coefficient (Wildman–Crippen LogP) is 2.27. The van der Waals surface area contributed by atoms with E-state index < -0.39 is 5.60 Å². The molecule has 2 nitrogen and oxygen atoms in total. The van der Waals surface area contributed by atoms with Crippen molar-refractivity contribution in [1.82, 2.24) is 4.90 Å². The van der Waals surface area contributed by atoms with Gasteiger partial charge in [-0.1, -0.05) is 13.8 Å². The molecule has 0 saturated carbocycles. The van der Waals surface area contributed by atoms with Crippen molar-refractivity contribution in [2.45, 2.75) is 58.6 Å². The fourth-order valence-corrected chi connectivity index (χ4v) is 2.15. The quantitative estimate of drug-likeness (QED) is 0.753. The average Bonchev–Trinajstić information content (AvgIpc) is 2.11. The molecule has 1 heterocycles. The molecule has 0 aromatic carbocycles. The number of likely N-dealkylation sites (tertiary alicyclic amines) is 1. The predicted molar refractivity (Wildman–Crippen MR) is 60.3 cm³/mol. The van der Waals surface area contributed by atoms with Crippen LogP contribution in [-0.4, -0.2) is 34.7 Å². The Hall–Kier alpha value is -0.0800. The van der Waals surface area contributed by atoms with Gasteiger partial charge in [-0.15, -0.1) is 0 Å². The highest BCUT2D eigenvalue weighted by atomic mass is 16.3. The van der Waals surface area contributed by atoms with E-state index in [0.29, 0.717) is 6.04 Å². The lowest BCUT2D eigenvalue weighted by Gasteiger charge is -2.40. The Balaban J connectivity index is 2.49. The van der Waals surface area contributed by atoms with Crippen LogP contribution in [0.1, 0.15) is 47.0 Å². The number of aliphatic hydroxyl groups is 1. The molecule has 1 fully saturated rings. The van der Waals surface area contributed by atoms with Crippen LogP contribution in [0.2, 0.25) is 0 Å². The molecule has 14 heavy (non-hydrogen) atoms. The molecule has 0 radical (unpaired) electrons. The summed E-state index contributed by atoms with van der Waals surface area (Å²) in [6, 6.07) is 0.643. The van der Waals surface area contributed by atoms with Crippen molar-refractivity contribution >= 4 is 0 Å². The maximum absolute atomic E-state index is 10.0. The van der Waals surface area contributed by atoms with E-state index in [4.69, 9.17) is 0 Å². The van der Waals surface area contributed by atoms with Gasteiger partial charge in [-0.3, -0.25) is 4.90 Å². The normalized spacial score (nSPS) is 34.1. The number of piperidine rings is 1. The van der Waals surface area contributed by atoms with E-state index in [2.05, 4.69) is 25.7 Å². The lowest BCUT2D eigenvalue weighted by molar-refractivity contribution is -0.0107. The maximum atomic E-state index is 10.0. The van der Waals surface area contributed by atoms with E-state index in [0.717, 1.165) is 25.4 Å². The van der Waals surface area contributed by atoms with Crippen molar-refractivity contribution in [3.05, 3.63) is 0 Å². The van der Waals surface area contributed by atoms with Crippen LogP contribution in [-0.2, 0) is 0 Å². The summed E-state index contributed by atoms with van der Waals surface area (Å²) in [4.78, 5) is 2.44. The van der Waals surface area contributed by atoms with Gasteiger partial charge in [0.1, 0.15) is 0 Å². The second-order valence-electron chi connectivity index (χ2n) is 5.31. The molecule has 1 aliphatic heterocycles. The summed E-state index contributed by atoms with van der Waals surface area (Å²) in [5.41, 5.74) is -0.509. The van der Waals surface area contributed by atoms with E-state index in [-0.39, 0.29) is 0 Å². The van der Waals surface area contributed by atoms with Crippen LogP contribution >= 0.6 is 0 Å². The van der Waals surface area contributed by atoms with Crippen LogP contribution in [0, 0.1) is 5.92 Å². The van der Waals surface area contributed by atoms with Crippen LogP contribution < -0.4 is 0 Å². The first kappa shape index (κ1) is 12.0. The van der Waals surface area contributed by atoms with Crippen molar-refractivity contribution in [2.24, 2.45) is 5.92 Å². The summed E-state index contributed by atoms with van der Waals surface area (Å²) in [6.45, 7) is 10.6. The molecule has 1 saturated heterocycles. The fraction of sp³-hybridized carbons (Fsp3) is 1.00. The van der Waals surface area contributed by atoms with Gasteiger partial charge < -0.3 is 5.11 Å². The van der Waals surface area contributed by atoms with Crippen LogP contribution in [0.3, 0.4) is 0 Å². The molecule has 3 unspecified atom stereocenters. The maximum Gasteiger partial charge on any atom is 0.0743 e. The number of nitrogens with zero attached hydrogens (tertiary/aromatic N) is 1. The minimum atomic E-state index is -0.509. The Labute approximate surface area is 88.3 Å². The van der Waals surface area contributed by atoms with Gasteiger partial charge in [-0.2, -0.15) is 0 Å². The van der Waals surface area contributed by atoms with Gasteiger partial charge in [-0.05, 0) is 39.0 Å². The molecule has 1 rings (SSSR count). The third-order valence-corrected chi connectivity index (χ3v) is 3.55. The molecule has 1 N–H and O–H groups in total. The van der Waals surface area contributed by atoms with E-state index in [1.807, 2.05) is 6.92 Å². The molecule has 0 aromatic heterocycles. The van der Waals surface area contributed by atoms with Gasteiger partial charge in [-0.25, -0.2) is 0 Å². The first-order valence-electron chi connectivity index (χ1n) is 5.91. The van der Waals surface area contributed by atoms with E-state index in [9.17, 15) is 5.11 Å². The molecule has 1 aliphatic rings. The molecule has 0 aliphatic carbocycles. The number of hydrogen-bond acceptors (Lipinski definition) is 2. The summed E-state index contributed by atoms with van der Waals surface area (Å²) < 4.78 is 0. The Bertz CT molecular complexity index is 179. The molecular weight excluding hydrogens is 174 g/mol. The molecule has 0 amide bonds. The number of β-amino-alcohol motifs (C(OH)–C–C–N with tert-alkyl or cyclic N) is 1. The number of rotatable bonds is 3. The van der Waals surface area contributed by atoms with Crippen molar-refractivity contribution in [3.63, 3.8) is 0 Å². The molecule has 3 atom stereocenters. The van der Waals surface area contributed by atoms with Gasteiger partial charge in [0, 0.05) is 19.1 Å². The van der Waals surface area contributed by atoms with Crippen LogP contribution in [0.15, 0.2) is 0 Å². The van der Waals surface area contributed by atoms with Crippen molar-refractivity contribution in [1.29, 1.82) is 0 Å². The molecule has 0 spiro atoms. The van der Waals surface area contributed by atoms with Crippen molar-refractivity contribution < 1.29 is 5.11 Å². The van der Waals surface area contributed by atoms with Crippen LogP contribution in [0.4, 0.5) is 0 Å². The standard InChI is InChI=1S/C12H25NO/c1-5-12(4,14)9-13-8-10(2)6-7-11(13)3/h10-11,14H,5-9H2,1-4H3. The zero-order chi connectivity index (χ0) is 10.8. The van der Waals surface area contributed by atoms with E-state index in [1.165, 1.54) is 12.8 Å². The third kappa shape index (κ3) is 3.25. The lowest BCUT2D eigenvalue weighted by Crippen LogP contribution is -2.48. The highest BCUT2D eigenvalue weighted by Crippen LogP contribution is 2.23.